The van der Waals surface area contributed by atoms with Crippen molar-refractivity contribution < 1.29 is 26.7 Å². The van der Waals surface area contributed by atoms with Gasteiger partial charge in [-0.25, -0.2) is 8.78 Å². The Hall–Kier alpha value is -3.35. The lowest BCUT2D eigenvalue weighted by molar-refractivity contribution is -0.274. The minimum absolute atomic E-state index is 0.143. The largest absolute Gasteiger partial charge is 0.573 e. The maximum absolute atomic E-state index is 14.1. The number of benzene rings is 3. The summed E-state index contributed by atoms with van der Waals surface area (Å²) in [4.78, 5) is 3.00. The van der Waals surface area contributed by atoms with Crippen molar-refractivity contribution in [2.24, 2.45) is 0 Å². The number of H-pyrrole nitrogens is 1. The summed E-state index contributed by atoms with van der Waals surface area (Å²) < 4.78 is 69.2. The van der Waals surface area contributed by atoms with Crippen LogP contribution in [0.5, 0.6) is 5.75 Å². The summed E-state index contributed by atoms with van der Waals surface area (Å²) >= 11 is 0. The Morgan fingerprint density at radius 3 is 2.24 bits per heavy atom. The highest BCUT2D eigenvalue weighted by atomic mass is 19.4. The van der Waals surface area contributed by atoms with Gasteiger partial charge in [-0.3, -0.25) is 0 Å². The number of alkyl halides is 3. The van der Waals surface area contributed by atoms with E-state index in [0.717, 1.165) is 16.5 Å². The molecule has 3 aromatic carbocycles. The zero-order valence-corrected chi connectivity index (χ0v) is 15.1. The minimum atomic E-state index is -4.75. The zero-order chi connectivity index (χ0) is 20.8. The van der Waals surface area contributed by atoms with Crippen LogP contribution in [-0.4, -0.2) is 11.3 Å². The maximum atomic E-state index is 14.1. The smallest absolute Gasteiger partial charge is 0.406 e. The van der Waals surface area contributed by atoms with E-state index >= 15 is 0 Å². The molecule has 7 heteroatoms. The predicted octanol–water partition coefficient (Wildman–Crippen LogP) is 6.99. The van der Waals surface area contributed by atoms with E-state index in [4.69, 9.17) is 0 Å². The third-order valence-corrected chi connectivity index (χ3v) is 4.60. The molecule has 0 spiro atoms. The van der Waals surface area contributed by atoms with E-state index in [9.17, 15) is 22.0 Å². The topological polar surface area (TPSA) is 25.0 Å². The third-order valence-electron chi connectivity index (χ3n) is 4.60. The molecule has 0 saturated heterocycles. The minimum Gasteiger partial charge on any atom is -0.406 e. The molecule has 0 aliphatic rings. The molecule has 2 nitrogen and oxygen atoms in total. The van der Waals surface area contributed by atoms with E-state index in [1.165, 1.54) is 30.3 Å². The van der Waals surface area contributed by atoms with E-state index in [1.807, 2.05) is 0 Å². The molecular weight excluding hydrogens is 389 g/mol. The van der Waals surface area contributed by atoms with Crippen molar-refractivity contribution in [2.75, 3.05) is 0 Å². The van der Waals surface area contributed by atoms with Gasteiger partial charge >= 0.3 is 6.36 Å². The van der Waals surface area contributed by atoms with Gasteiger partial charge in [-0.1, -0.05) is 18.2 Å². The van der Waals surface area contributed by atoms with Gasteiger partial charge in [0.25, 0.3) is 0 Å². The number of hydrogen-bond donors (Lipinski definition) is 1. The van der Waals surface area contributed by atoms with Gasteiger partial charge in [-0.15, -0.1) is 13.2 Å². The molecule has 1 heterocycles. The number of aromatic nitrogens is 1. The molecule has 0 radical (unpaired) electrons. The second kappa shape index (κ2) is 6.92. The number of aromatic amines is 1. The van der Waals surface area contributed by atoms with Crippen LogP contribution in [0.4, 0.5) is 22.0 Å². The van der Waals surface area contributed by atoms with Crippen LogP contribution in [0, 0.1) is 18.6 Å². The van der Waals surface area contributed by atoms with Crippen LogP contribution in [0.15, 0.2) is 60.7 Å². The molecule has 148 valence electrons. The van der Waals surface area contributed by atoms with Gasteiger partial charge in [0.15, 0.2) is 0 Å². The molecule has 29 heavy (non-hydrogen) atoms. The molecule has 4 aromatic rings. The Morgan fingerprint density at radius 1 is 0.862 bits per heavy atom. The lowest BCUT2D eigenvalue weighted by atomic mass is 9.99. The Labute approximate surface area is 162 Å². The highest BCUT2D eigenvalue weighted by molar-refractivity contribution is 5.90. The van der Waals surface area contributed by atoms with E-state index < -0.39 is 18.0 Å². The van der Waals surface area contributed by atoms with E-state index in [2.05, 4.69) is 9.72 Å². The van der Waals surface area contributed by atoms with Crippen LogP contribution >= 0.6 is 0 Å². The Bertz CT molecular complexity index is 1190. The maximum Gasteiger partial charge on any atom is 0.573 e. The molecule has 1 aromatic heterocycles. The Balaban J connectivity index is 1.73. The van der Waals surface area contributed by atoms with Gasteiger partial charge in [0, 0.05) is 10.9 Å². The van der Waals surface area contributed by atoms with Gasteiger partial charge in [-0.05, 0) is 66.1 Å². The van der Waals surface area contributed by atoms with Gasteiger partial charge in [-0.2, -0.15) is 0 Å². The van der Waals surface area contributed by atoms with E-state index in [-0.39, 0.29) is 11.3 Å². The first-order chi connectivity index (χ1) is 13.7. The summed E-state index contributed by atoms with van der Waals surface area (Å²) in [7, 11) is 0. The summed E-state index contributed by atoms with van der Waals surface area (Å²) in [6.45, 7) is 1.68. The quantitative estimate of drug-likeness (QED) is 0.367. The first-order valence-electron chi connectivity index (χ1n) is 8.65. The number of ether oxygens (including phenoxy) is 1. The van der Waals surface area contributed by atoms with Crippen molar-refractivity contribution in [3.63, 3.8) is 0 Å². The van der Waals surface area contributed by atoms with E-state index in [1.54, 1.807) is 37.3 Å². The lowest BCUT2D eigenvalue weighted by Gasteiger charge is -2.12. The standard InChI is InChI=1S/C22H14F5NO/c1-12-9-15(29-22(25,26)27)6-7-16(12)13-5-8-19-14(10-13)11-20(28-19)21-17(23)3-2-4-18(21)24/h2-11,28H,1H3. The predicted molar refractivity (Wildman–Crippen MR) is 101 cm³/mol. The summed E-state index contributed by atoms with van der Waals surface area (Å²) in [5.41, 5.74) is 2.92. The van der Waals surface area contributed by atoms with Crippen LogP contribution < -0.4 is 4.74 Å². The van der Waals surface area contributed by atoms with Crippen LogP contribution in [0.3, 0.4) is 0 Å². The number of rotatable bonds is 3. The van der Waals surface area contributed by atoms with Crippen molar-refractivity contribution in [3.8, 4) is 28.1 Å². The Kier molecular flexibility index (Phi) is 4.53. The molecule has 0 saturated carbocycles. The van der Waals surface area contributed by atoms with Crippen molar-refractivity contribution in [1.82, 2.24) is 4.98 Å². The molecular formula is C22H14F5NO. The van der Waals surface area contributed by atoms with Crippen molar-refractivity contribution in [1.29, 1.82) is 0 Å². The molecule has 0 atom stereocenters. The SMILES string of the molecule is Cc1cc(OC(F)(F)F)ccc1-c1ccc2[nH]c(-c3c(F)cccc3F)cc2c1. The zero-order valence-electron chi connectivity index (χ0n) is 15.1. The summed E-state index contributed by atoms with van der Waals surface area (Å²) in [5, 5.41) is 0.718. The summed E-state index contributed by atoms with van der Waals surface area (Å²) in [6, 6.07) is 14.7. The molecule has 0 amide bonds. The normalized spacial score (nSPS) is 11.8. The third kappa shape index (κ3) is 3.81. The fraction of sp³-hybridized carbons (Fsp3) is 0.0909. The number of nitrogens with one attached hydrogen (secondary N) is 1. The highest BCUT2D eigenvalue weighted by Crippen LogP contribution is 2.33. The first kappa shape index (κ1) is 19.0. The number of hydrogen-bond acceptors (Lipinski definition) is 1. The van der Waals surface area contributed by atoms with Gasteiger partial charge in [0.2, 0.25) is 0 Å². The summed E-state index contributed by atoms with van der Waals surface area (Å²) in [6.07, 6.45) is -4.75. The summed E-state index contributed by atoms with van der Waals surface area (Å²) in [5.74, 6) is -1.64. The first-order valence-corrected chi connectivity index (χ1v) is 8.65. The number of halogens is 5. The molecule has 0 aliphatic carbocycles. The molecule has 0 fully saturated rings. The average molecular weight is 403 g/mol. The van der Waals surface area contributed by atoms with Crippen LogP contribution in [0.25, 0.3) is 33.3 Å². The highest BCUT2D eigenvalue weighted by Gasteiger charge is 2.31. The average Bonchev–Trinajstić information content (AvgIpc) is 3.03. The van der Waals surface area contributed by atoms with E-state index in [0.29, 0.717) is 16.8 Å². The Morgan fingerprint density at radius 2 is 1.59 bits per heavy atom. The van der Waals surface area contributed by atoms with Crippen molar-refractivity contribution >= 4 is 10.9 Å². The number of aryl methyl sites for hydroxylation is 1. The molecule has 0 unspecified atom stereocenters. The van der Waals surface area contributed by atoms with Crippen LogP contribution in [-0.2, 0) is 0 Å². The fourth-order valence-electron chi connectivity index (χ4n) is 3.35. The van der Waals surface area contributed by atoms with Crippen molar-refractivity contribution in [3.05, 3.63) is 77.9 Å². The molecule has 0 bridgehead atoms. The monoisotopic (exact) mass is 403 g/mol. The van der Waals surface area contributed by atoms with Gasteiger partial charge in [0.05, 0.1) is 11.3 Å². The van der Waals surface area contributed by atoms with Crippen LogP contribution in [0.2, 0.25) is 0 Å². The second-order valence-electron chi connectivity index (χ2n) is 6.61. The molecule has 0 aliphatic heterocycles. The van der Waals surface area contributed by atoms with Crippen LogP contribution in [0.1, 0.15) is 5.56 Å². The molecule has 4 rings (SSSR count). The van der Waals surface area contributed by atoms with Crippen molar-refractivity contribution in [2.45, 2.75) is 13.3 Å². The number of fused-ring (bicyclic) bond motifs is 1. The second-order valence-corrected chi connectivity index (χ2v) is 6.61. The van der Waals surface area contributed by atoms with Gasteiger partial charge in [0.1, 0.15) is 17.4 Å². The molecule has 1 N–H and O–H groups in total. The fourth-order valence-corrected chi connectivity index (χ4v) is 3.35. The van der Waals surface area contributed by atoms with Gasteiger partial charge < -0.3 is 9.72 Å². The lowest BCUT2D eigenvalue weighted by Crippen LogP contribution is -2.17.